The van der Waals surface area contributed by atoms with Crippen LogP contribution in [0.25, 0.3) is 0 Å². The Morgan fingerprint density at radius 1 is 1.12 bits per heavy atom. The maximum absolute atomic E-state index is 13.5. The van der Waals surface area contributed by atoms with E-state index < -0.39 is 17.2 Å². The number of nitrogens with one attached hydrogen (secondary N) is 1. The number of H-pyrrole nitrogens is 1. The number of amides is 1. The van der Waals surface area contributed by atoms with Gasteiger partial charge in [-0.15, -0.1) is 0 Å². The van der Waals surface area contributed by atoms with Crippen LogP contribution < -0.4 is 26.6 Å². The molecular formula is C24H27ClN4O4. The van der Waals surface area contributed by atoms with E-state index in [0.29, 0.717) is 34.9 Å². The number of rotatable bonds is 9. The number of anilines is 2. The Balaban J connectivity index is 2.12. The predicted molar refractivity (Wildman–Crippen MR) is 130 cm³/mol. The van der Waals surface area contributed by atoms with Crippen LogP contribution in [0.2, 0.25) is 5.02 Å². The van der Waals surface area contributed by atoms with Crippen molar-refractivity contribution in [1.82, 2.24) is 9.55 Å². The summed E-state index contributed by atoms with van der Waals surface area (Å²) >= 11 is 6.26. The van der Waals surface area contributed by atoms with E-state index in [9.17, 15) is 14.4 Å². The molecule has 0 saturated carbocycles. The lowest BCUT2D eigenvalue weighted by atomic mass is 10.1. The first kappa shape index (κ1) is 24.1. The van der Waals surface area contributed by atoms with E-state index in [1.54, 1.807) is 36.4 Å². The normalized spacial score (nSPS) is 10.8. The largest absolute Gasteiger partial charge is 0.496 e. The number of methoxy groups -OCH3 is 1. The number of nitrogens with two attached hydrogens (primary N) is 1. The molecule has 0 spiro atoms. The smallest absolute Gasteiger partial charge is 0.330 e. The van der Waals surface area contributed by atoms with Crippen LogP contribution >= 0.6 is 11.6 Å². The molecular weight excluding hydrogens is 444 g/mol. The van der Waals surface area contributed by atoms with Crippen LogP contribution in [0.15, 0.2) is 58.1 Å². The number of hydrogen-bond acceptors (Lipinski definition) is 5. The van der Waals surface area contributed by atoms with Gasteiger partial charge in [0.2, 0.25) is 5.91 Å². The second kappa shape index (κ2) is 10.9. The lowest BCUT2D eigenvalue weighted by Gasteiger charge is -2.25. The third-order valence-electron chi connectivity index (χ3n) is 5.34. The number of nitrogen functional groups attached to an aromatic ring is 1. The van der Waals surface area contributed by atoms with Gasteiger partial charge in [-0.3, -0.25) is 24.0 Å². The van der Waals surface area contributed by atoms with Gasteiger partial charge in [-0.05, 0) is 24.1 Å². The highest BCUT2D eigenvalue weighted by atomic mass is 35.5. The second-order valence-electron chi connectivity index (χ2n) is 7.56. The number of unbranched alkanes of at least 4 members (excludes halogenated alkanes) is 1. The molecule has 0 atom stereocenters. The zero-order valence-corrected chi connectivity index (χ0v) is 19.4. The van der Waals surface area contributed by atoms with Crippen molar-refractivity contribution in [2.24, 2.45) is 0 Å². The summed E-state index contributed by atoms with van der Waals surface area (Å²) in [6.07, 6.45) is 1.47. The van der Waals surface area contributed by atoms with Crippen molar-refractivity contribution in [3.05, 3.63) is 85.5 Å². The van der Waals surface area contributed by atoms with Gasteiger partial charge in [-0.25, -0.2) is 4.79 Å². The summed E-state index contributed by atoms with van der Waals surface area (Å²) in [5, 5.41) is 0.442. The number of aromatic amines is 1. The average molecular weight is 471 g/mol. The summed E-state index contributed by atoms with van der Waals surface area (Å²) < 4.78 is 6.71. The zero-order valence-electron chi connectivity index (χ0n) is 18.6. The quantitative estimate of drug-likeness (QED) is 0.498. The molecule has 1 heterocycles. The number of carbonyl (C=O) groups is 1. The molecule has 0 radical (unpaired) electrons. The van der Waals surface area contributed by atoms with E-state index in [4.69, 9.17) is 22.1 Å². The summed E-state index contributed by atoms with van der Waals surface area (Å²) in [6, 6.07) is 14.2. The summed E-state index contributed by atoms with van der Waals surface area (Å²) in [7, 11) is 1.53. The Hall–Kier alpha value is -3.52. The predicted octanol–water partition coefficient (Wildman–Crippen LogP) is 3.36. The number of aromatic nitrogens is 2. The van der Waals surface area contributed by atoms with E-state index in [1.807, 2.05) is 19.1 Å². The van der Waals surface area contributed by atoms with Gasteiger partial charge in [0.25, 0.3) is 5.56 Å². The summed E-state index contributed by atoms with van der Waals surface area (Å²) in [4.78, 5) is 42.4. The molecule has 0 bridgehead atoms. The van der Waals surface area contributed by atoms with Crippen LogP contribution in [0.5, 0.6) is 5.75 Å². The first-order chi connectivity index (χ1) is 15.9. The maximum Gasteiger partial charge on any atom is 0.330 e. The molecule has 0 aliphatic carbocycles. The maximum atomic E-state index is 13.5. The van der Waals surface area contributed by atoms with Gasteiger partial charge in [0.15, 0.2) is 5.69 Å². The van der Waals surface area contributed by atoms with E-state index in [2.05, 4.69) is 4.98 Å². The minimum atomic E-state index is -0.729. The van der Waals surface area contributed by atoms with Crippen molar-refractivity contribution >= 4 is 29.0 Å². The van der Waals surface area contributed by atoms with Crippen LogP contribution in [-0.2, 0) is 24.3 Å². The molecule has 0 fully saturated rings. The minimum Gasteiger partial charge on any atom is -0.496 e. The molecule has 3 N–H and O–H groups in total. The van der Waals surface area contributed by atoms with Crippen molar-refractivity contribution in [1.29, 1.82) is 0 Å². The molecule has 2 aromatic carbocycles. The highest BCUT2D eigenvalue weighted by Crippen LogP contribution is 2.26. The molecule has 3 aromatic rings. The number of para-hydroxylation sites is 1. The van der Waals surface area contributed by atoms with Gasteiger partial charge in [-0.2, -0.15) is 0 Å². The molecule has 1 amide bonds. The Morgan fingerprint density at radius 3 is 2.45 bits per heavy atom. The van der Waals surface area contributed by atoms with Crippen molar-refractivity contribution in [2.75, 3.05) is 17.7 Å². The Labute approximate surface area is 196 Å². The highest BCUT2D eigenvalue weighted by molar-refractivity contribution is 6.31. The fourth-order valence-corrected chi connectivity index (χ4v) is 3.77. The average Bonchev–Trinajstić information content (AvgIpc) is 2.80. The van der Waals surface area contributed by atoms with Crippen LogP contribution in [0.4, 0.5) is 11.5 Å². The van der Waals surface area contributed by atoms with E-state index in [0.717, 1.165) is 6.42 Å². The monoisotopic (exact) mass is 470 g/mol. The number of ether oxygens (including phenoxy) is 1. The number of hydrogen-bond donors (Lipinski definition) is 2. The summed E-state index contributed by atoms with van der Waals surface area (Å²) in [5.74, 6) is 0.105. The minimum absolute atomic E-state index is 0.0204. The van der Waals surface area contributed by atoms with Crippen molar-refractivity contribution in [2.45, 2.75) is 39.3 Å². The lowest BCUT2D eigenvalue weighted by molar-refractivity contribution is -0.118. The molecule has 0 unspecified atom stereocenters. The zero-order chi connectivity index (χ0) is 24.0. The van der Waals surface area contributed by atoms with Gasteiger partial charge >= 0.3 is 5.69 Å². The van der Waals surface area contributed by atoms with E-state index in [1.165, 1.54) is 16.6 Å². The first-order valence-corrected chi connectivity index (χ1v) is 11.0. The molecule has 0 aliphatic heterocycles. The summed E-state index contributed by atoms with van der Waals surface area (Å²) in [5.41, 5.74) is 6.19. The van der Waals surface area contributed by atoms with E-state index >= 15 is 0 Å². The van der Waals surface area contributed by atoms with Crippen LogP contribution in [-0.4, -0.2) is 22.6 Å². The fraction of sp³-hybridized carbons (Fsp3) is 0.292. The number of benzene rings is 2. The van der Waals surface area contributed by atoms with Gasteiger partial charge in [-0.1, -0.05) is 61.3 Å². The Bertz CT molecular complexity index is 1250. The topological polar surface area (TPSA) is 110 Å². The van der Waals surface area contributed by atoms with Crippen LogP contribution in [0, 0.1) is 0 Å². The first-order valence-electron chi connectivity index (χ1n) is 10.7. The van der Waals surface area contributed by atoms with Gasteiger partial charge in [0.05, 0.1) is 20.1 Å². The molecule has 33 heavy (non-hydrogen) atoms. The third-order valence-corrected chi connectivity index (χ3v) is 5.71. The van der Waals surface area contributed by atoms with E-state index in [-0.39, 0.29) is 24.5 Å². The molecule has 174 valence electrons. The third kappa shape index (κ3) is 5.46. The second-order valence-corrected chi connectivity index (χ2v) is 7.97. The Kier molecular flexibility index (Phi) is 7.95. The van der Waals surface area contributed by atoms with Crippen molar-refractivity contribution in [3.63, 3.8) is 0 Å². The number of nitrogens with zero attached hydrogens (tertiary/aromatic N) is 2. The Morgan fingerprint density at radius 2 is 1.79 bits per heavy atom. The molecule has 0 saturated heterocycles. The number of carbonyl (C=O) groups excluding carboxylic acids is 1. The molecule has 9 heteroatoms. The van der Waals surface area contributed by atoms with Crippen LogP contribution in [0.3, 0.4) is 0 Å². The van der Waals surface area contributed by atoms with Gasteiger partial charge in [0.1, 0.15) is 11.6 Å². The molecule has 0 aliphatic rings. The van der Waals surface area contributed by atoms with Crippen LogP contribution in [0.1, 0.15) is 30.9 Å². The SMILES string of the molecule is CCCCn1c(N)c(N(Cc2ccccc2OC)C(=O)Cc2ccccc2Cl)c(=O)[nH]c1=O. The van der Waals surface area contributed by atoms with Gasteiger partial charge < -0.3 is 10.5 Å². The van der Waals surface area contributed by atoms with Gasteiger partial charge in [0, 0.05) is 17.1 Å². The molecule has 3 rings (SSSR count). The molecule has 1 aromatic heterocycles. The summed E-state index contributed by atoms with van der Waals surface area (Å²) in [6.45, 7) is 2.33. The standard InChI is InChI=1S/C24H27ClN4O4/c1-3-4-13-28-22(26)21(23(31)27-24(28)32)29(15-17-10-6-8-12-19(17)33-2)20(30)14-16-9-5-7-11-18(16)25/h5-12H,3-4,13-15,26H2,1-2H3,(H,27,31,32). The lowest BCUT2D eigenvalue weighted by Crippen LogP contribution is -2.41. The van der Waals surface area contributed by atoms with Crippen molar-refractivity contribution in [3.8, 4) is 5.75 Å². The fourth-order valence-electron chi connectivity index (χ4n) is 3.57. The highest BCUT2D eigenvalue weighted by Gasteiger charge is 2.26. The number of halogens is 1. The molecule has 8 nitrogen and oxygen atoms in total. The van der Waals surface area contributed by atoms with Crippen molar-refractivity contribution < 1.29 is 9.53 Å².